The maximum absolute atomic E-state index is 11.4. The van der Waals surface area contributed by atoms with Crippen molar-refractivity contribution in [1.82, 2.24) is 5.32 Å². The maximum atomic E-state index is 11.4. The van der Waals surface area contributed by atoms with Crippen molar-refractivity contribution in [2.24, 2.45) is 0 Å². The molecule has 0 aromatic carbocycles. The van der Waals surface area contributed by atoms with Crippen LogP contribution in [0.15, 0.2) is 0 Å². The summed E-state index contributed by atoms with van der Waals surface area (Å²) in [5.74, 6) is 0. The van der Waals surface area contributed by atoms with Crippen LogP contribution >= 0.6 is 0 Å². The summed E-state index contributed by atoms with van der Waals surface area (Å²) in [5.41, 5.74) is 0. The Balaban J connectivity index is 3.12. The zero-order chi connectivity index (χ0) is 14.9. The number of hydrogen-bond donors (Lipinski definition) is 1. The molecule has 0 aromatic heterocycles. The number of carbonyl (C=O) groups is 1. The fraction of sp³-hybridized carbons (Fsp3) is 0.941. The van der Waals surface area contributed by atoms with Gasteiger partial charge in [0.2, 0.25) is 0 Å². The van der Waals surface area contributed by atoms with E-state index in [9.17, 15) is 4.79 Å². The first-order valence-corrected chi connectivity index (χ1v) is 8.71. The molecule has 0 aliphatic carbocycles. The Morgan fingerprint density at radius 3 is 1.85 bits per heavy atom. The molecule has 0 aromatic rings. The third-order valence-electron chi connectivity index (χ3n) is 3.53. The number of nitrogens with one attached hydrogen (secondary N) is 1. The SMILES string of the molecule is CCCCCCCCCOC(=O)NCCCCCCC. The number of amides is 1. The minimum atomic E-state index is -0.244. The van der Waals surface area contributed by atoms with Crippen LogP contribution in [0.25, 0.3) is 0 Å². The largest absolute Gasteiger partial charge is 0.450 e. The molecule has 0 saturated carbocycles. The monoisotopic (exact) mass is 285 g/mol. The van der Waals surface area contributed by atoms with Crippen molar-refractivity contribution in [1.29, 1.82) is 0 Å². The molecule has 1 N–H and O–H groups in total. The molecule has 0 radical (unpaired) electrons. The van der Waals surface area contributed by atoms with Gasteiger partial charge in [0.1, 0.15) is 0 Å². The first kappa shape index (κ1) is 19.3. The van der Waals surface area contributed by atoms with Crippen molar-refractivity contribution in [2.75, 3.05) is 13.2 Å². The second kappa shape index (κ2) is 16.3. The van der Waals surface area contributed by atoms with Crippen molar-refractivity contribution >= 4 is 6.09 Å². The van der Waals surface area contributed by atoms with Crippen LogP contribution in [0.1, 0.15) is 90.9 Å². The van der Waals surface area contributed by atoms with Gasteiger partial charge in [-0.05, 0) is 12.8 Å². The van der Waals surface area contributed by atoms with Crippen LogP contribution in [-0.2, 0) is 4.74 Å². The summed E-state index contributed by atoms with van der Waals surface area (Å²) in [6.45, 7) is 5.75. The van der Waals surface area contributed by atoms with Crippen molar-refractivity contribution < 1.29 is 9.53 Å². The van der Waals surface area contributed by atoms with Crippen molar-refractivity contribution in [3.05, 3.63) is 0 Å². The molecule has 20 heavy (non-hydrogen) atoms. The third-order valence-corrected chi connectivity index (χ3v) is 3.53. The Morgan fingerprint density at radius 1 is 0.750 bits per heavy atom. The van der Waals surface area contributed by atoms with E-state index in [-0.39, 0.29) is 6.09 Å². The van der Waals surface area contributed by atoms with Crippen molar-refractivity contribution in [3.63, 3.8) is 0 Å². The zero-order valence-electron chi connectivity index (χ0n) is 13.7. The predicted octanol–water partition coefficient (Wildman–Crippen LogP) is 5.43. The second-order valence-corrected chi connectivity index (χ2v) is 5.60. The van der Waals surface area contributed by atoms with Crippen LogP contribution in [0.2, 0.25) is 0 Å². The van der Waals surface area contributed by atoms with Gasteiger partial charge in [-0.1, -0.05) is 78.1 Å². The fourth-order valence-electron chi connectivity index (χ4n) is 2.19. The number of rotatable bonds is 14. The highest BCUT2D eigenvalue weighted by molar-refractivity contribution is 5.66. The molecule has 0 unspecified atom stereocenters. The normalized spacial score (nSPS) is 10.5. The molecular formula is C17H35NO2. The Labute approximate surface area is 125 Å². The quantitative estimate of drug-likeness (QED) is 0.432. The van der Waals surface area contributed by atoms with Gasteiger partial charge in [-0.25, -0.2) is 4.79 Å². The lowest BCUT2D eigenvalue weighted by molar-refractivity contribution is 0.143. The number of hydrogen-bond acceptors (Lipinski definition) is 2. The Morgan fingerprint density at radius 2 is 1.25 bits per heavy atom. The summed E-state index contributed by atoms with van der Waals surface area (Å²) in [7, 11) is 0. The van der Waals surface area contributed by atoms with Crippen LogP contribution < -0.4 is 5.32 Å². The van der Waals surface area contributed by atoms with Gasteiger partial charge in [-0.15, -0.1) is 0 Å². The standard InChI is InChI=1S/C17H35NO2/c1-3-5-7-9-10-12-14-16-20-17(19)18-15-13-11-8-6-4-2/h3-16H2,1-2H3,(H,18,19). The highest BCUT2D eigenvalue weighted by atomic mass is 16.5. The van der Waals surface area contributed by atoms with E-state index in [1.54, 1.807) is 0 Å². The Kier molecular flexibility index (Phi) is 15.7. The molecule has 3 heteroatoms. The van der Waals surface area contributed by atoms with E-state index in [4.69, 9.17) is 4.74 Å². The number of carbonyl (C=O) groups excluding carboxylic acids is 1. The topological polar surface area (TPSA) is 38.3 Å². The smallest absolute Gasteiger partial charge is 0.407 e. The predicted molar refractivity (Wildman–Crippen MR) is 86.1 cm³/mol. The van der Waals surface area contributed by atoms with Gasteiger partial charge in [-0.2, -0.15) is 0 Å². The van der Waals surface area contributed by atoms with Crippen molar-refractivity contribution in [3.8, 4) is 0 Å². The molecule has 0 aliphatic rings. The molecule has 120 valence electrons. The van der Waals surface area contributed by atoms with Gasteiger partial charge in [-0.3, -0.25) is 0 Å². The van der Waals surface area contributed by atoms with E-state index in [1.807, 2.05) is 0 Å². The highest BCUT2D eigenvalue weighted by Gasteiger charge is 2.00. The molecular weight excluding hydrogens is 250 g/mol. The fourth-order valence-corrected chi connectivity index (χ4v) is 2.19. The number of ether oxygens (including phenoxy) is 1. The van der Waals surface area contributed by atoms with Gasteiger partial charge < -0.3 is 10.1 Å². The highest BCUT2D eigenvalue weighted by Crippen LogP contribution is 2.06. The molecule has 0 saturated heterocycles. The van der Waals surface area contributed by atoms with E-state index >= 15 is 0 Å². The average molecular weight is 285 g/mol. The third kappa shape index (κ3) is 15.3. The minimum Gasteiger partial charge on any atom is -0.450 e. The summed E-state index contributed by atoms with van der Waals surface area (Å²) in [6, 6.07) is 0. The lowest BCUT2D eigenvalue weighted by atomic mass is 10.1. The van der Waals surface area contributed by atoms with Crippen molar-refractivity contribution in [2.45, 2.75) is 90.9 Å². The molecule has 0 rings (SSSR count). The summed E-state index contributed by atoms with van der Waals surface area (Å²) < 4.78 is 5.15. The van der Waals surface area contributed by atoms with Crippen LogP contribution in [0, 0.1) is 0 Å². The molecule has 0 fully saturated rings. The van der Waals surface area contributed by atoms with Gasteiger partial charge in [0.15, 0.2) is 0 Å². The molecule has 3 nitrogen and oxygen atoms in total. The van der Waals surface area contributed by atoms with E-state index < -0.39 is 0 Å². The summed E-state index contributed by atoms with van der Waals surface area (Å²) in [6.07, 6.45) is 14.6. The first-order valence-electron chi connectivity index (χ1n) is 8.71. The molecule has 0 spiro atoms. The van der Waals surface area contributed by atoms with Crippen LogP contribution in [0.5, 0.6) is 0 Å². The number of alkyl carbamates (subject to hydrolysis) is 1. The summed E-state index contributed by atoms with van der Waals surface area (Å²) >= 11 is 0. The lowest BCUT2D eigenvalue weighted by Gasteiger charge is -2.07. The van der Waals surface area contributed by atoms with Gasteiger partial charge in [0, 0.05) is 6.54 Å². The maximum Gasteiger partial charge on any atom is 0.407 e. The molecule has 0 aliphatic heterocycles. The minimum absolute atomic E-state index is 0.244. The summed E-state index contributed by atoms with van der Waals surface area (Å²) in [5, 5.41) is 2.82. The Hall–Kier alpha value is -0.730. The van der Waals surface area contributed by atoms with E-state index in [1.165, 1.54) is 64.2 Å². The zero-order valence-corrected chi connectivity index (χ0v) is 13.7. The van der Waals surface area contributed by atoms with E-state index in [2.05, 4.69) is 19.2 Å². The molecule has 1 amide bonds. The van der Waals surface area contributed by atoms with Crippen LogP contribution in [0.3, 0.4) is 0 Å². The molecule has 0 atom stereocenters. The van der Waals surface area contributed by atoms with Gasteiger partial charge in [0.25, 0.3) is 0 Å². The summed E-state index contributed by atoms with van der Waals surface area (Å²) in [4.78, 5) is 11.4. The average Bonchev–Trinajstić information content (AvgIpc) is 2.45. The lowest BCUT2D eigenvalue weighted by Crippen LogP contribution is -2.25. The van der Waals surface area contributed by atoms with E-state index in [0.717, 1.165) is 19.4 Å². The van der Waals surface area contributed by atoms with Gasteiger partial charge >= 0.3 is 6.09 Å². The Bertz CT molecular complexity index is 207. The molecule has 0 bridgehead atoms. The van der Waals surface area contributed by atoms with E-state index in [0.29, 0.717) is 6.61 Å². The van der Waals surface area contributed by atoms with Gasteiger partial charge in [0.05, 0.1) is 6.61 Å². The van der Waals surface area contributed by atoms with Crippen LogP contribution in [-0.4, -0.2) is 19.2 Å². The second-order valence-electron chi connectivity index (χ2n) is 5.60. The van der Waals surface area contributed by atoms with Crippen LogP contribution in [0.4, 0.5) is 4.79 Å². The molecule has 0 heterocycles. The first-order chi connectivity index (χ1) is 9.81. The number of unbranched alkanes of at least 4 members (excludes halogenated alkanes) is 10.